The van der Waals surface area contributed by atoms with Crippen LogP contribution in [0.1, 0.15) is 27.2 Å². The number of thioether (sulfide) groups is 1. The van der Waals surface area contributed by atoms with Crippen LogP contribution in [0.4, 0.5) is 5.69 Å². The Bertz CT molecular complexity index is 1330. The number of carbonyl (C=O) groups is 2. The lowest BCUT2D eigenvalue weighted by Crippen LogP contribution is -2.58. The fourth-order valence-corrected chi connectivity index (χ4v) is 7.14. The molecule has 3 aromatic rings. The highest BCUT2D eigenvalue weighted by Crippen LogP contribution is 2.39. The molecule has 0 saturated carbocycles. The van der Waals surface area contributed by atoms with Crippen LogP contribution in [-0.2, 0) is 19.6 Å². The lowest BCUT2D eigenvalue weighted by molar-refractivity contribution is -0.142. The van der Waals surface area contributed by atoms with Crippen molar-refractivity contribution >= 4 is 61.3 Å². The van der Waals surface area contributed by atoms with Gasteiger partial charge in [0.15, 0.2) is 0 Å². The van der Waals surface area contributed by atoms with Gasteiger partial charge in [-0.15, -0.1) is 0 Å². The number of fused-ring (bicyclic) bond motifs is 3. The molecule has 1 aliphatic rings. The van der Waals surface area contributed by atoms with E-state index in [1.807, 2.05) is 0 Å². The molecule has 32 heavy (non-hydrogen) atoms. The molecule has 8 nitrogen and oxygen atoms in total. The third-order valence-corrected chi connectivity index (χ3v) is 8.83. The Balaban J connectivity index is 1.77. The maximum Gasteiger partial charge on any atom is 0.323 e. The largest absolute Gasteiger partial charge is 0.480 e. The zero-order valence-corrected chi connectivity index (χ0v) is 19.5. The van der Waals surface area contributed by atoms with E-state index in [0.717, 1.165) is 4.31 Å². The van der Waals surface area contributed by atoms with Crippen molar-refractivity contribution in [3.8, 4) is 0 Å². The maximum atomic E-state index is 13.5. The van der Waals surface area contributed by atoms with Crippen molar-refractivity contribution in [2.75, 3.05) is 17.6 Å². The molecule has 0 radical (unpaired) electrons. The molecule has 4 rings (SSSR count). The van der Waals surface area contributed by atoms with Crippen molar-refractivity contribution in [2.24, 2.45) is 0 Å². The maximum absolute atomic E-state index is 13.5. The minimum absolute atomic E-state index is 0.0185. The van der Waals surface area contributed by atoms with Gasteiger partial charge in [-0.05, 0) is 44.2 Å². The summed E-state index contributed by atoms with van der Waals surface area (Å²) in [5, 5.41) is 13.9. The van der Waals surface area contributed by atoms with Crippen LogP contribution in [0.15, 0.2) is 45.7 Å². The average Bonchev–Trinajstić information content (AvgIpc) is 3.09. The number of anilines is 1. The van der Waals surface area contributed by atoms with Gasteiger partial charge in [-0.25, -0.2) is 8.42 Å². The summed E-state index contributed by atoms with van der Waals surface area (Å²) < 4.78 is 33.1. The number of hydrogen-bond donors (Lipinski definition) is 2. The number of carbonyl (C=O) groups excluding carboxylic acids is 1. The topological polar surface area (TPSA) is 117 Å². The van der Waals surface area contributed by atoms with Gasteiger partial charge in [0.1, 0.15) is 17.2 Å². The van der Waals surface area contributed by atoms with Gasteiger partial charge >= 0.3 is 5.97 Å². The van der Waals surface area contributed by atoms with E-state index in [2.05, 4.69) is 5.32 Å². The monoisotopic (exact) mass is 476 g/mol. The number of benzene rings is 2. The van der Waals surface area contributed by atoms with Gasteiger partial charge in [0.05, 0.1) is 4.90 Å². The normalized spacial score (nSPS) is 19.3. The summed E-state index contributed by atoms with van der Waals surface area (Å²) in [7, 11) is -4.05. The van der Waals surface area contributed by atoms with Crippen molar-refractivity contribution in [2.45, 2.75) is 42.9 Å². The predicted molar refractivity (Wildman–Crippen MR) is 124 cm³/mol. The predicted octanol–water partition coefficient (Wildman–Crippen LogP) is 3.90. The lowest BCUT2D eigenvalue weighted by Gasteiger charge is -2.42. The molecule has 0 aliphatic carbocycles. The van der Waals surface area contributed by atoms with Gasteiger partial charge in [-0.1, -0.05) is 6.92 Å². The number of nitrogens with one attached hydrogen (secondary N) is 1. The molecular formula is C22H24N2O6S2. The molecule has 0 spiro atoms. The molecule has 2 aromatic carbocycles. The quantitative estimate of drug-likeness (QED) is 0.573. The second-order valence-corrected chi connectivity index (χ2v) is 11.8. The van der Waals surface area contributed by atoms with Crippen LogP contribution in [0.5, 0.6) is 0 Å². The summed E-state index contributed by atoms with van der Waals surface area (Å²) in [5.74, 6) is -0.772. The summed E-state index contributed by atoms with van der Waals surface area (Å²) in [5.41, 5.74) is 1.61. The first-order valence-electron chi connectivity index (χ1n) is 10.2. The standard InChI is InChI=1S/C22H24N2O6S2/c1-4-19(25)23-13-5-7-15-16-12-14(6-8-17(16)30-18(15)11-13)32(28,29)24-9-10-31-22(2,3)20(24)21(26)27/h5-8,11-12,20H,4,9-10H2,1-3H3,(H,23,25)(H,26,27). The van der Waals surface area contributed by atoms with E-state index in [0.29, 0.717) is 39.8 Å². The second kappa shape index (κ2) is 8.09. The number of sulfonamides is 1. The molecule has 1 aliphatic heterocycles. The van der Waals surface area contributed by atoms with Gasteiger partial charge in [0.2, 0.25) is 15.9 Å². The minimum atomic E-state index is -4.05. The first kappa shape index (κ1) is 22.6. The first-order valence-corrected chi connectivity index (χ1v) is 12.6. The molecule has 1 atom stereocenters. The minimum Gasteiger partial charge on any atom is -0.480 e. The van der Waals surface area contributed by atoms with Gasteiger partial charge < -0.3 is 14.8 Å². The van der Waals surface area contributed by atoms with E-state index in [1.165, 1.54) is 23.9 Å². The highest BCUT2D eigenvalue weighted by Gasteiger charge is 2.48. The lowest BCUT2D eigenvalue weighted by atomic mass is 10.0. The third-order valence-electron chi connectivity index (χ3n) is 5.62. The van der Waals surface area contributed by atoms with Crippen LogP contribution >= 0.6 is 11.8 Å². The van der Waals surface area contributed by atoms with Crippen molar-refractivity contribution in [3.05, 3.63) is 36.4 Å². The summed E-state index contributed by atoms with van der Waals surface area (Å²) in [6.07, 6.45) is 0.350. The van der Waals surface area contributed by atoms with E-state index < -0.39 is 26.8 Å². The number of carboxylic acid groups (broad SMARTS) is 1. The average molecular weight is 477 g/mol. The molecule has 1 saturated heterocycles. The Morgan fingerprint density at radius 1 is 1.19 bits per heavy atom. The SMILES string of the molecule is CCC(=O)Nc1ccc2c(c1)oc1ccc(S(=O)(=O)N3CCSC(C)(C)C3C(=O)O)cc12. The van der Waals surface area contributed by atoms with Crippen LogP contribution in [0.25, 0.3) is 21.9 Å². The summed E-state index contributed by atoms with van der Waals surface area (Å²) in [4.78, 5) is 23.6. The van der Waals surface area contributed by atoms with E-state index in [4.69, 9.17) is 4.42 Å². The highest BCUT2D eigenvalue weighted by atomic mass is 32.2. The molecule has 1 amide bonds. The number of hydrogen-bond acceptors (Lipinski definition) is 6. The van der Waals surface area contributed by atoms with Crippen LogP contribution < -0.4 is 5.32 Å². The summed E-state index contributed by atoms with van der Waals surface area (Å²) in [6, 6.07) is 8.56. The number of rotatable bonds is 5. The van der Waals surface area contributed by atoms with Crippen LogP contribution in [0.2, 0.25) is 0 Å². The zero-order chi connectivity index (χ0) is 23.3. The number of aliphatic carboxylic acids is 1. The second-order valence-electron chi connectivity index (χ2n) is 8.18. The summed E-state index contributed by atoms with van der Waals surface area (Å²) >= 11 is 1.45. The van der Waals surface area contributed by atoms with Gasteiger partial charge in [0, 0.05) is 46.0 Å². The third kappa shape index (κ3) is 3.87. The van der Waals surface area contributed by atoms with Crippen molar-refractivity contribution < 1.29 is 27.5 Å². The van der Waals surface area contributed by atoms with E-state index in [9.17, 15) is 23.1 Å². The Kier molecular flexibility index (Phi) is 5.72. The first-order chi connectivity index (χ1) is 15.0. The smallest absolute Gasteiger partial charge is 0.323 e. The molecule has 170 valence electrons. The van der Waals surface area contributed by atoms with Crippen molar-refractivity contribution in [1.82, 2.24) is 4.31 Å². The molecule has 1 fully saturated rings. The van der Waals surface area contributed by atoms with E-state index in [1.54, 1.807) is 45.0 Å². The van der Waals surface area contributed by atoms with Gasteiger partial charge in [-0.2, -0.15) is 16.1 Å². The van der Waals surface area contributed by atoms with Gasteiger partial charge in [-0.3, -0.25) is 9.59 Å². The molecule has 1 aromatic heterocycles. The molecule has 10 heteroatoms. The van der Waals surface area contributed by atoms with Crippen LogP contribution in [-0.4, -0.2) is 52.8 Å². The summed E-state index contributed by atoms with van der Waals surface area (Å²) in [6.45, 7) is 5.38. The molecule has 2 heterocycles. The Hall–Kier alpha value is -2.56. The molecule has 1 unspecified atom stereocenters. The van der Waals surface area contributed by atoms with E-state index in [-0.39, 0.29) is 17.3 Å². The Labute approximate surface area is 190 Å². The van der Waals surface area contributed by atoms with Crippen molar-refractivity contribution in [3.63, 3.8) is 0 Å². The number of nitrogens with zero attached hydrogens (tertiary/aromatic N) is 1. The molecular weight excluding hydrogens is 452 g/mol. The van der Waals surface area contributed by atoms with Crippen LogP contribution in [0, 0.1) is 0 Å². The van der Waals surface area contributed by atoms with Crippen molar-refractivity contribution in [1.29, 1.82) is 0 Å². The number of amides is 1. The highest BCUT2D eigenvalue weighted by molar-refractivity contribution is 8.00. The molecule has 2 N–H and O–H groups in total. The Morgan fingerprint density at radius 2 is 1.94 bits per heavy atom. The number of carboxylic acids is 1. The van der Waals surface area contributed by atoms with Crippen LogP contribution in [0.3, 0.4) is 0 Å². The fraction of sp³-hybridized carbons (Fsp3) is 0.364. The molecule has 0 bridgehead atoms. The van der Waals surface area contributed by atoms with E-state index >= 15 is 0 Å². The Morgan fingerprint density at radius 3 is 2.62 bits per heavy atom. The van der Waals surface area contributed by atoms with Gasteiger partial charge in [0.25, 0.3) is 0 Å². The number of furan rings is 1. The zero-order valence-electron chi connectivity index (χ0n) is 17.9. The fourth-order valence-electron chi connectivity index (χ4n) is 4.01.